The Morgan fingerprint density at radius 1 is 1.14 bits per heavy atom. The van der Waals surface area contributed by atoms with Gasteiger partial charge in [0.05, 0.1) is 25.0 Å². The molecule has 150 valence electrons. The van der Waals surface area contributed by atoms with Gasteiger partial charge in [-0.25, -0.2) is 0 Å². The Balaban J connectivity index is 1.98. The Hall–Kier alpha value is -2.86. The van der Waals surface area contributed by atoms with E-state index in [2.05, 4.69) is 5.32 Å². The van der Waals surface area contributed by atoms with Crippen LogP contribution in [0.5, 0.6) is 5.75 Å². The Kier molecular flexibility index (Phi) is 7.58. The molecule has 1 atom stereocenters. The maximum Gasteiger partial charge on any atom is 0.305 e. The van der Waals surface area contributed by atoms with Crippen molar-refractivity contribution in [2.45, 2.75) is 38.8 Å². The standard InChI is InChI=1S/C22H27NO5/c1-16-7-4-5-9-18(16)14-28-19-10-6-8-17(11-19)12-20(24)23-22(2,15-27-3)13-21(25)26/h4-11H,12-15H2,1-3H3,(H,23,24)(H,25,26). The van der Waals surface area contributed by atoms with Gasteiger partial charge >= 0.3 is 5.97 Å². The highest BCUT2D eigenvalue weighted by Gasteiger charge is 2.29. The van der Waals surface area contributed by atoms with Crippen LogP contribution in [0.25, 0.3) is 0 Å². The molecule has 0 fully saturated rings. The molecule has 6 nitrogen and oxygen atoms in total. The molecule has 0 aliphatic heterocycles. The largest absolute Gasteiger partial charge is 0.489 e. The van der Waals surface area contributed by atoms with Gasteiger partial charge in [0.2, 0.25) is 5.91 Å². The van der Waals surface area contributed by atoms with Crippen LogP contribution in [-0.2, 0) is 27.4 Å². The van der Waals surface area contributed by atoms with Crippen molar-refractivity contribution in [1.29, 1.82) is 0 Å². The lowest BCUT2D eigenvalue weighted by Crippen LogP contribution is -2.51. The maximum atomic E-state index is 12.4. The van der Waals surface area contributed by atoms with Gasteiger partial charge in [0.25, 0.3) is 0 Å². The van der Waals surface area contributed by atoms with Gasteiger partial charge in [-0.2, -0.15) is 0 Å². The third-order valence-corrected chi connectivity index (χ3v) is 4.36. The molecule has 6 heteroatoms. The van der Waals surface area contributed by atoms with Crippen LogP contribution in [0.1, 0.15) is 30.0 Å². The molecule has 0 bridgehead atoms. The zero-order chi connectivity index (χ0) is 20.6. The van der Waals surface area contributed by atoms with E-state index >= 15 is 0 Å². The van der Waals surface area contributed by atoms with Gasteiger partial charge < -0.3 is 19.9 Å². The summed E-state index contributed by atoms with van der Waals surface area (Å²) in [6, 6.07) is 15.4. The lowest BCUT2D eigenvalue weighted by Gasteiger charge is -2.28. The molecule has 0 radical (unpaired) electrons. The molecule has 1 unspecified atom stereocenters. The van der Waals surface area contributed by atoms with Crippen LogP contribution in [0.4, 0.5) is 0 Å². The van der Waals surface area contributed by atoms with E-state index in [0.29, 0.717) is 12.4 Å². The molecule has 2 N–H and O–H groups in total. The smallest absolute Gasteiger partial charge is 0.305 e. The topological polar surface area (TPSA) is 84.9 Å². The highest BCUT2D eigenvalue weighted by atomic mass is 16.5. The number of aliphatic carboxylic acids is 1. The number of nitrogens with one attached hydrogen (secondary N) is 1. The molecule has 0 saturated heterocycles. The number of benzene rings is 2. The lowest BCUT2D eigenvalue weighted by molar-refractivity contribution is -0.139. The fourth-order valence-electron chi connectivity index (χ4n) is 3.03. The Labute approximate surface area is 165 Å². The summed E-state index contributed by atoms with van der Waals surface area (Å²) in [7, 11) is 1.47. The van der Waals surface area contributed by atoms with E-state index in [1.54, 1.807) is 6.92 Å². The van der Waals surface area contributed by atoms with E-state index in [1.165, 1.54) is 7.11 Å². The van der Waals surface area contributed by atoms with Crippen molar-refractivity contribution >= 4 is 11.9 Å². The van der Waals surface area contributed by atoms with E-state index in [-0.39, 0.29) is 25.4 Å². The first kappa shape index (κ1) is 21.4. The van der Waals surface area contributed by atoms with Crippen molar-refractivity contribution < 1.29 is 24.2 Å². The summed E-state index contributed by atoms with van der Waals surface area (Å²) in [6.07, 6.45) is -0.0906. The number of ether oxygens (including phenoxy) is 2. The van der Waals surface area contributed by atoms with Gasteiger partial charge in [-0.3, -0.25) is 9.59 Å². The Bertz CT molecular complexity index is 820. The van der Waals surface area contributed by atoms with Gasteiger partial charge in [0, 0.05) is 7.11 Å². The Morgan fingerprint density at radius 3 is 2.57 bits per heavy atom. The highest BCUT2D eigenvalue weighted by Crippen LogP contribution is 2.18. The first-order valence-electron chi connectivity index (χ1n) is 9.09. The maximum absolute atomic E-state index is 12.4. The molecule has 0 aliphatic rings. The molecule has 2 aromatic rings. The van der Waals surface area contributed by atoms with E-state index in [9.17, 15) is 9.59 Å². The van der Waals surface area contributed by atoms with Crippen LogP contribution in [0, 0.1) is 6.92 Å². The van der Waals surface area contributed by atoms with E-state index in [4.69, 9.17) is 14.6 Å². The zero-order valence-corrected chi connectivity index (χ0v) is 16.5. The second-order valence-corrected chi connectivity index (χ2v) is 7.15. The van der Waals surface area contributed by atoms with Gasteiger partial charge in [-0.05, 0) is 42.7 Å². The number of carbonyl (C=O) groups is 2. The highest BCUT2D eigenvalue weighted by molar-refractivity contribution is 5.80. The minimum absolute atomic E-state index is 0.116. The number of carboxylic acid groups (broad SMARTS) is 1. The van der Waals surface area contributed by atoms with Crippen LogP contribution < -0.4 is 10.1 Å². The predicted molar refractivity (Wildman–Crippen MR) is 106 cm³/mol. The lowest BCUT2D eigenvalue weighted by atomic mass is 9.98. The van der Waals surface area contributed by atoms with E-state index < -0.39 is 11.5 Å². The van der Waals surface area contributed by atoms with Crippen molar-refractivity contribution in [3.63, 3.8) is 0 Å². The zero-order valence-electron chi connectivity index (χ0n) is 16.5. The Morgan fingerprint density at radius 2 is 1.89 bits per heavy atom. The summed E-state index contributed by atoms with van der Waals surface area (Å²) in [5.74, 6) is -0.581. The van der Waals surface area contributed by atoms with Crippen LogP contribution in [-0.4, -0.2) is 36.2 Å². The quantitative estimate of drug-likeness (QED) is 0.656. The van der Waals surface area contributed by atoms with Crippen LogP contribution in [0.2, 0.25) is 0 Å². The number of hydrogen-bond donors (Lipinski definition) is 2. The van der Waals surface area contributed by atoms with Crippen LogP contribution >= 0.6 is 0 Å². The SMILES string of the molecule is COCC(C)(CC(=O)O)NC(=O)Cc1cccc(OCc2ccccc2C)c1. The fourth-order valence-corrected chi connectivity index (χ4v) is 3.03. The van der Waals surface area contributed by atoms with Crippen molar-refractivity contribution in [3.05, 3.63) is 65.2 Å². The molecule has 1 amide bonds. The third-order valence-electron chi connectivity index (χ3n) is 4.36. The average molecular weight is 385 g/mol. The molecule has 28 heavy (non-hydrogen) atoms. The molecular formula is C22H27NO5. The molecule has 0 spiro atoms. The van der Waals surface area contributed by atoms with Gasteiger partial charge in [0.15, 0.2) is 0 Å². The summed E-state index contributed by atoms with van der Waals surface area (Å²) < 4.78 is 10.9. The molecule has 2 aromatic carbocycles. The number of amides is 1. The second kappa shape index (κ2) is 9.90. The van der Waals surface area contributed by atoms with E-state index in [0.717, 1.165) is 16.7 Å². The number of hydrogen-bond acceptors (Lipinski definition) is 4. The number of methoxy groups -OCH3 is 1. The number of carbonyl (C=O) groups excluding carboxylic acids is 1. The van der Waals surface area contributed by atoms with Crippen molar-refractivity contribution in [2.75, 3.05) is 13.7 Å². The summed E-state index contributed by atoms with van der Waals surface area (Å²) in [4.78, 5) is 23.5. The average Bonchev–Trinajstić information content (AvgIpc) is 2.60. The minimum Gasteiger partial charge on any atom is -0.489 e. The van der Waals surface area contributed by atoms with Crippen molar-refractivity contribution in [3.8, 4) is 5.75 Å². The summed E-state index contributed by atoms with van der Waals surface area (Å²) in [5, 5.41) is 11.8. The third kappa shape index (κ3) is 6.70. The van der Waals surface area contributed by atoms with Gasteiger partial charge in [0.1, 0.15) is 12.4 Å². The number of carboxylic acids is 1. The summed E-state index contributed by atoms with van der Waals surface area (Å²) >= 11 is 0. The molecule has 0 saturated carbocycles. The normalized spacial score (nSPS) is 12.8. The monoisotopic (exact) mass is 385 g/mol. The predicted octanol–water partition coefficient (Wildman–Crippen LogP) is 3.11. The molecular weight excluding hydrogens is 358 g/mol. The van der Waals surface area contributed by atoms with E-state index in [1.807, 2.05) is 55.5 Å². The molecule has 0 heterocycles. The van der Waals surface area contributed by atoms with Crippen molar-refractivity contribution in [1.82, 2.24) is 5.32 Å². The summed E-state index contributed by atoms with van der Waals surface area (Å²) in [5.41, 5.74) is 2.09. The first-order chi connectivity index (χ1) is 13.3. The van der Waals surface area contributed by atoms with Crippen LogP contribution in [0.15, 0.2) is 48.5 Å². The van der Waals surface area contributed by atoms with Crippen molar-refractivity contribution in [2.24, 2.45) is 0 Å². The number of aryl methyl sites for hydroxylation is 1. The summed E-state index contributed by atoms with van der Waals surface area (Å²) in [6.45, 7) is 4.26. The molecule has 2 rings (SSSR count). The van der Waals surface area contributed by atoms with Crippen LogP contribution in [0.3, 0.4) is 0 Å². The first-order valence-corrected chi connectivity index (χ1v) is 9.09. The number of rotatable bonds is 10. The molecule has 0 aromatic heterocycles. The molecule has 0 aliphatic carbocycles. The minimum atomic E-state index is -0.994. The second-order valence-electron chi connectivity index (χ2n) is 7.15. The fraction of sp³-hybridized carbons (Fsp3) is 0.364. The van der Waals surface area contributed by atoms with Gasteiger partial charge in [-0.1, -0.05) is 36.4 Å². The van der Waals surface area contributed by atoms with Gasteiger partial charge in [-0.15, -0.1) is 0 Å².